The molecule has 0 radical (unpaired) electrons. The maximum atomic E-state index is 11.5. The summed E-state index contributed by atoms with van der Waals surface area (Å²) in [4.78, 5) is 22.3. The number of para-hydroxylation sites is 1. The van der Waals surface area contributed by atoms with Gasteiger partial charge in [0.25, 0.3) is 0 Å². The fraction of sp³-hybridized carbons (Fsp3) is 0.273. The lowest BCUT2D eigenvalue weighted by molar-refractivity contribution is -0.139. The van der Waals surface area contributed by atoms with Crippen LogP contribution in [0.4, 0.5) is 5.69 Å². The van der Waals surface area contributed by atoms with E-state index in [0.717, 1.165) is 4.47 Å². The summed E-state index contributed by atoms with van der Waals surface area (Å²) >= 11 is 3.32. The van der Waals surface area contributed by atoms with E-state index in [1.165, 1.54) is 7.11 Å². The number of nitrogens with one attached hydrogen (secondary N) is 2. The molecule has 0 aliphatic rings. The molecule has 6 heteroatoms. The number of anilines is 1. The van der Waals surface area contributed by atoms with Crippen LogP contribution < -0.4 is 10.6 Å². The molecule has 0 saturated carbocycles. The van der Waals surface area contributed by atoms with Crippen molar-refractivity contribution in [1.29, 1.82) is 0 Å². The van der Waals surface area contributed by atoms with Crippen LogP contribution in [0.15, 0.2) is 28.7 Å². The Hall–Kier alpha value is -1.40. The summed E-state index contributed by atoms with van der Waals surface area (Å²) in [5.74, 6) is -0.625. The van der Waals surface area contributed by atoms with Crippen LogP contribution in [0.25, 0.3) is 0 Å². The predicted molar refractivity (Wildman–Crippen MR) is 67.7 cm³/mol. The zero-order chi connectivity index (χ0) is 12.7. The van der Waals surface area contributed by atoms with Crippen molar-refractivity contribution in [3.63, 3.8) is 0 Å². The highest BCUT2D eigenvalue weighted by Crippen LogP contribution is 2.20. The summed E-state index contributed by atoms with van der Waals surface area (Å²) < 4.78 is 5.24. The summed E-state index contributed by atoms with van der Waals surface area (Å²) in [6, 6.07) is 7.29. The van der Waals surface area contributed by atoms with Gasteiger partial charge in [-0.25, -0.2) is 0 Å². The summed E-state index contributed by atoms with van der Waals surface area (Å²) in [7, 11) is 1.30. The van der Waals surface area contributed by atoms with E-state index in [0.29, 0.717) is 5.69 Å². The molecule has 2 N–H and O–H groups in total. The van der Waals surface area contributed by atoms with Crippen LogP contribution >= 0.6 is 15.9 Å². The molecule has 0 heterocycles. The minimum absolute atomic E-state index is 0.0138. The lowest BCUT2D eigenvalue weighted by Gasteiger charge is -2.07. The third kappa shape index (κ3) is 4.97. The lowest BCUT2D eigenvalue weighted by atomic mass is 10.3. The van der Waals surface area contributed by atoms with E-state index in [1.807, 2.05) is 18.2 Å². The van der Waals surface area contributed by atoms with Crippen molar-refractivity contribution in [1.82, 2.24) is 5.32 Å². The van der Waals surface area contributed by atoms with Crippen LogP contribution in [0.3, 0.4) is 0 Å². The van der Waals surface area contributed by atoms with Crippen molar-refractivity contribution >= 4 is 33.5 Å². The number of ether oxygens (including phenoxy) is 1. The normalized spacial score (nSPS) is 9.76. The van der Waals surface area contributed by atoms with Gasteiger partial charge < -0.3 is 10.1 Å². The van der Waals surface area contributed by atoms with Gasteiger partial charge in [-0.2, -0.15) is 0 Å². The van der Waals surface area contributed by atoms with E-state index < -0.39 is 5.97 Å². The molecule has 0 aliphatic carbocycles. The highest BCUT2D eigenvalue weighted by Gasteiger charge is 2.05. The molecule has 1 rings (SSSR count). The lowest BCUT2D eigenvalue weighted by Crippen LogP contribution is -2.32. The number of rotatable bonds is 5. The molecular weight excluding hydrogens is 288 g/mol. The molecule has 0 fully saturated rings. The van der Waals surface area contributed by atoms with E-state index in [4.69, 9.17) is 0 Å². The van der Waals surface area contributed by atoms with Crippen LogP contribution in [0.2, 0.25) is 0 Å². The van der Waals surface area contributed by atoms with Gasteiger partial charge in [-0.3, -0.25) is 14.9 Å². The average molecular weight is 301 g/mol. The number of amides is 1. The first-order valence-corrected chi connectivity index (χ1v) is 5.74. The first-order chi connectivity index (χ1) is 8.13. The number of carbonyl (C=O) groups excluding carboxylic acids is 2. The van der Waals surface area contributed by atoms with E-state index >= 15 is 0 Å². The Bertz CT molecular complexity index is 409. The van der Waals surface area contributed by atoms with Gasteiger partial charge in [0.1, 0.15) is 0 Å². The third-order valence-electron chi connectivity index (χ3n) is 1.93. The molecule has 1 aromatic carbocycles. The highest BCUT2D eigenvalue weighted by atomic mass is 79.9. The Morgan fingerprint density at radius 1 is 1.29 bits per heavy atom. The Kier molecular flexibility index (Phi) is 5.65. The summed E-state index contributed by atoms with van der Waals surface area (Å²) in [6.45, 7) is 0.0658. The molecule has 0 spiro atoms. The number of methoxy groups -OCH3 is 1. The van der Waals surface area contributed by atoms with Gasteiger partial charge in [-0.05, 0) is 28.1 Å². The van der Waals surface area contributed by atoms with E-state index in [2.05, 4.69) is 31.3 Å². The molecular formula is C11H13BrN2O3. The second kappa shape index (κ2) is 7.03. The van der Waals surface area contributed by atoms with Crippen molar-refractivity contribution in [2.75, 3.05) is 25.5 Å². The molecule has 0 unspecified atom stereocenters. The SMILES string of the molecule is COC(=O)CNCC(=O)Nc1ccccc1Br. The molecule has 92 valence electrons. The van der Waals surface area contributed by atoms with E-state index in [1.54, 1.807) is 6.07 Å². The molecule has 5 nitrogen and oxygen atoms in total. The van der Waals surface area contributed by atoms with Crippen molar-refractivity contribution in [2.24, 2.45) is 0 Å². The molecule has 17 heavy (non-hydrogen) atoms. The Balaban J connectivity index is 2.35. The van der Waals surface area contributed by atoms with Gasteiger partial charge in [-0.1, -0.05) is 12.1 Å². The molecule has 0 saturated heterocycles. The minimum Gasteiger partial charge on any atom is -0.468 e. The zero-order valence-electron chi connectivity index (χ0n) is 9.33. The monoisotopic (exact) mass is 300 g/mol. The Morgan fingerprint density at radius 2 is 2.00 bits per heavy atom. The van der Waals surface area contributed by atoms with Gasteiger partial charge >= 0.3 is 5.97 Å². The van der Waals surface area contributed by atoms with Gasteiger partial charge in [0.05, 0.1) is 25.9 Å². The fourth-order valence-corrected chi connectivity index (χ4v) is 1.49. The first-order valence-electron chi connectivity index (χ1n) is 4.95. The molecule has 0 aromatic heterocycles. The first kappa shape index (κ1) is 13.7. The van der Waals surface area contributed by atoms with Crippen LogP contribution in [0.5, 0.6) is 0 Å². The minimum atomic E-state index is -0.404. The number of halogens is 1. The van der Waals surface area contributed by atoms with Gasteiger partial charge in [0.2, 0.25) is 5.91 Å². The molecule has 0 atom stereocenters. The fourth-order valence-electron chi connectivity index (χ4n) is 1.11. The van der Waals surface area contributed by atoms with Crippen molar-refractivity contribution < 1.29 is 14.3 Å². The standard InChI is InChI=1S/C11H13BrN2O3/c1-17-11(16)7-13-6-10(15)14-9-5-3-2-4-8(9)12/h2-5,13H,6-7H2,1H3,(H,14,15). The van der Waals surface area contributed by atoms with E-state index in [9.17, 15) is 9.59 Å². The number of benzene rings is 1. The van der Waals surface area contributed by atoms with Crippen molar-refractivity contribution in [3.8, 4) is 0 Å². The highest BCUT2D eigenvalue weighted by molar-refractivity contribution is 9.10. The number of esters is 1. The maximum Gasteiger partial charge on any atom is 0.319 e. The second-order valence-electron chi connectivity index (χ2n) is 3.21. The molecule has 1 aromatic rings. The second-order valence-corrected chi connectivity index (χ2v) is 4.06. The maximum absolute atomic E-state index is 11.5. The van der Waals surface area contributed by atoms with Gasteiger partial charge in [0, 0.05) is 4.47 Å². The number of carbonyl (C=O) groups is 2. The van der Waals surface area contributed by atoms with Crippen molar-refractivity contribution in [3.05, 3.63) is 28.7 Å². The largest absolute Gasteiger partial charge is 0.468 e. The predicted octanol–water partition coefficient (Wildman–Crippen LogP) is 1.15. The van der Waals surface area contributed by atoms with E-state index in [-0.39, 0.29) is 19.0 Å². The van der Waals surface area contributed by atoms with Crippen LogP contribution in [0, 0.1) is 0 Å². The quantitative estimate of drug-likeness (QED) is 0.801. The Labute approximate surface area is 108 Å². The molecule has 1 amide bonds. The summed E-state index contributed by atoms with van der Waals surface area (Å²) in [5, 5.41) is 5.38. The number of hydrogen-bond donors (Lipinski definition) is 2. The van der Waals surface area contributed by atoms with Crippen molar-refractivity contribution in [2.45, 2.75) is 0 Å². The number of hydrogen-bond acceptors (Lipinski definition) is 4. The molecule has 0 bridgehead atoms. The third-order valence-corrected chi connectivity index (χ3v) is 2.62. The van der Waals surface area contributed by atoms with Gasteiger partial charge in [0.15, 0.2) is 0 Å². The van der Waals surface area contributed by atoms with Crippen LogP contribution in [-0.2, 0) is 14.3 Å². The summed E-state index contributed by atoms with van der Waals surface area (Å²) in [5.41, 5.74) is 0.692. The summed E-state index contributed by atoms with van der Waals surface area (Å²) in [6.07, 6.45) is 0. The van der Waals surface area contributed by atoms with Crippen LogP contribution in [0.1, 0.15) is 0 Å². The smallest absolute Gasteiger partial charge is 0.319 e. The topological polar surface area (TPSA) is 67.4 Å². The molecule has 0 aliphatic heterocycles. The van der Waals surface area contributed by atoms with Crippen LogP contribution in [-0.4, -0.2) is 32.1 Å². The zero-order valence-corrected chi connectivity index (χ0v) is 10.9. The van der Waals surface area contributed by atoms with Gasteiger partial charge in [-0.15, -0.1) is 0 Å². The Morgan fingerprint density at radius 3 is 2.65 bits per heavy atom. The average Bonchev–Trinajstić information content (AvgIpc) is 2.32.